The molecule has 0 aliphatic heterocycles. The normalized spacial score (nSPS) is 11.7. The Labute approximate surface area is 162 Å². The number of anilines is 1. The van der Waals surface area contributed by atoms with Crippen molar-refractivity contribution in [1.82, 2.24) is 15.0 Å². The van der Waals surface area contributed by atoms with E-state index in [0.29, 0.717) is 5.76 Å². The molecule has 0 atom stereocenters. The minimum Gasteiger partial charge on any atom is -0.456 e. The van der Waals surface area contributed by atoms with Gasteiger partial charge in [-0.2, -0.15) is 23.1 Å². The second kappa shape index (κ2) is 8.13. The number of halogens is 3. The van der Waals surface area contributed by atoms with Crippen molar-refractivity contribution in [1.29, 1.82) is 0 Å². The fourth-order valence-electron chi connectivity index (χ4n) is 2.46. The largest absolute Gasteiger partial charge is 0.456 e. The fourth-order valence-corrected chi connectivity index (χ4v) is 2.46. The maximum absolute atomic E-state index is 13.0. The summed E-state index contributed by atoms with van der Waals surface area (Å²) in [6, 6.07) is 8.07. The van der Waals surface area contributed by atoms with Crippen molar-refractivity contribution in [3.05, 3.63) is 71.3 Å². The summed E-state index contributed by atoms with van der Waals surface area (Å²) in [5, 5.41) is 10.4. The van der Waals surface area contributed by atoms with Crippen LogP contribution in [-0.4, -0.2) is 26.7 Å². The van der Waals surface area contributed by atoms with Gasteiger partial charge in [-0.05, 0) is 29.8 Å². The zero-order valence-electron chi connectivity index (χ0n) is 15.1. The predicted octanol–water partition coefficient (Wildman–Crippen LogP) is 3.79. The maximum atomic E-state index is 13.0. The Kier molecular flexibility index (Phi) is 5.62. The van der Waals surface area contributed by atoms with Crippen molar-refractivity contribution in [3.63, 3.8) is 0 Å². The first-order valence-electron chi connectivity index (χ1n) is 8.37. The third kappa shape index (κ3) is 5.18. The number of carbonyl (C=O) groups is 2. The van der Waals surface area contributed by atoms with E-state index in [0.717, 1.165) is 18.2 Å². The summed E-state index contributed by atoms with van der Waals surface area (Å²) >= 11 is 0. The average Bonchev–Trinajstić information content (AvgIpc) is 3.29. The molecule has 1 amide bonds. The van der Waals surface area contributed by atoms with Crippen LogP contribution in [0.2, 0.25) is 0 Å². The van der Waals surface area contributed by atoms with E-state index in [1.54, 1.807) is 6.07 Å². The molecule has 0 spiro atoms. The Morgan fingerprint density at radius 1 is 1.21 bits per heavy atom. The number of alkyl halides is 3. The molecule has 1 aromatic carbocycles. The molecule has 1 N–H and O–H groups in total. The van der Waals surface area contributed by atoms with Crippen molar-refractivity contribution in [3.8, 4) is 0 Å². The van der Waals surface area contributed by atoms with Crippen LogP contribution in [0.1, 0.15) is 34.4 Å². The van der Waals surface area contributed by atoms with Gasteiger partial charge in [0, 0.05) is 13.0 Å². The number of hydrogen-bond acceptors (Lipinski definition) is 5. The summed E-state index contributed by atoms with van der Waals surface area (Å²) in [4.78, 5) is 24.4. The van der Waals surface area contributed by atoms with Crippen molar-refractivity contribution in [2.75, 3.05) is 5.32 Å². The van der Waals surface area contributed by atoms with Crippen LogP contribution < -0.4 is 5.32 Å². The molecule has 0 saturated heterocycles. The highest BCUT2D eigenvalue weighted by Crippen LogP contribution is 2.32. The quantitative estimate of drug-likeness (QED) is 0.499. The molecular weight excluding hydrogens is 389 g/mol. The van der Waals surface area contributed by atoms with Gasteiger partial charge in [0.25, 0.3) is 0 Å². The highest BCUT2D eigenvalue weighted by atomic mass is 19.4. The number of amides is 1. The molecule has 0 radical (unpaired) electrons. The summed E-state index contributed by atoms with van der Waals surface area (Å²) in [6.45, 7) is 1.51. The second-order valence-electron chi connectivity index (χ2n) is 5.99. The second-order valence-corrected chi connectivity index (χ2v) is 5.99. The van der Waals surface area contributed by atoms with E-state index in [9.17, 15) is 22.8 Å². The van der Waals surface area contributed by atoms with Crippen LogP contribution in [0.25, 0.3) is 6.08 Å². The molecule has 7 nitrogen and oxygen atoms in total. The van der Waals surface area contributed by atoms with Crippen LogP contribution in [-0.2, 0) is 17.5 Å². The lowest BCUT2D eigenvalue weighted by Gasteiger charge is -2.09. The molecule has 0 bridgehead atoms. The van der Waals surface area contributed by atoms with E-state index in [1.165, 1.54) is 42.2 Å². The van der Waals surface area contributed by atoms with E-state index < -0.39 is 17.6 Å². The van der Waals surface area contributed by atoms with Crippen LogP contribution in [0.5, 0.6) is 0 Å². The lowest BCUT2D eigenvalue weighted by molar-refractivity contribution is -0.137. The smallest absolute Gasteiger partial charge is 0.416 e. The number of hydrogen-bond donors (Lipinski definition) is 1. The zero-order valence-corrected chi connectivity index (χ0v) is 15.1. The maximum Gasteiger partial charge on any atom is 0.416 e. The van der Waals surface area contributed by atoms with E-state index in [4.69, 9.17) is 4.42 Å². The number of nitrogens with zero attached hydrogens (tertiary/aromatic N) is 3. The number of carbonyl (C=O) groups excluding carboxylic acids is 2. The first-order valence-corrected chi connectivity index (χ1v) is 8.37. The van der Waals surface area contributed by atoms with Gasteiger partial charge >= 0.3 is 6.18 Å². The summed E-state index contributed by atoms with van der Waals surface area (Å²) < 4.78 is 44.2. The molecule has 0 aliphatic rings. The molecule has 0 fully saturated rings. The van der Waals surface area contributed by atoms with Crippen molar-refractivity contribution in [2.24, 2.45) is 0 Å². The summed E-state index contributed by atoms with van der Waals surface area (Å²) in [5.74, 6) is -0.0956. The van der Waals surface area contributed by atoms with Gasteiger partial charge in [-0.1, -0.05) is 18.2 Å². The highest BCUT2D eigenvalue weighted by Gasteiger charge is 2.32. The van der Waals surface area contributed by atoms with Gasteiger partial charge in [0.05, 0.1) is 11.8 Å². The zero-order chi connectivity index (χ0) is 21.0. The third-order valence-corrected chi connectivity index (χ3v) is 3.77. The average molecular weight is 404 g/mol. The first kappa shape index (κ1) is 20.1. The minimum atomic E-state index is -4.52. The van der Waals surface area contributed by atoms with Gasteiger partial charge in [0.1, 0.15) is 12.3 Å². The van der Waals surface area contributed by atoms with Gasteiger partial charge in [-0.3, -0.25) is 9.59 Å². The summed E-state index contributed by atoms with van der Waals surface area (Å²) in [6.07, 6.45) is -1.18. The van der Waals surface area contributed by atoms with Crippen LogP contribution in [0.3, 0.4) is 0 Å². The molecule has 0 saturated carbocycles. The van der Waals surface area contributed by atoms with Crippen molar-refractivity contribution in [2.45, 2.75) is 19.6 Å². The Morgan fingerprint density at radius 2 is 1.97 bits per heavy atom. The topological polar surface area (TPSA) is 90.0 Å². The molecule has 150 valence electrons. The molecule has 10 heteroatoms. The number of aromatic nitrogens is 3. The number of nitrogens with one attached hydrogen (secondary N) is 1. The van der Waals surface area contributed by atoms with E-state index >= 15 is 0 Å². The van der Waals surface area contributed by atoms with Crippen LogP contribution in [0.4, 0.5) is 19.0 Å². The molecule has 2 aromatic heterocycles. The molecule has 3 rings (SSSR count). The number of Topliss-reactive ketones (excluding diaryl/α,β-unsaturated/α-hetero) is 1. The van der Waals surface area contributed by atoms with Crippen LogP contribution >= 0.6 is 0 Å². The van der Waals surface area contributed by atoms with Gasteiger partial charge in [0.2, 0.25) is 5.91 Å². The SMILES string of the molecule is CC(=O)c1ccc(Cn2ncc(NC(=O)/C=C\c3ccccc3C(F)(F)F)n2)o1. The predicted molar refractivity (Wildman–Crippen MR) is 96.9 cm³/mol. The number of ketones is 1. The van der Waals surface area contributed by atoms with Crippen LogP contribution in [0.15, 0.2) is 53.1 Å². The standard InChI is InChI=1S/C19H15F3N4O3/c1-12(27)16-8-7-14(29-16)11-26-23-10-17(25-26)24-18(28)9-6-13-4-2-3-5-15(13)19(20,21)22/h2-10H,11H2,1H3,(H,24,25,28)/b9-6-. The molecular formula is C19H15F3N4O3. The number of benzene rings is 1. The Balaban J connectivity index is 1.63. The molecule has 3 aromatic rings. The molecule has 2 heterocycles. The molecule has 0 unspecified atom stereocenters. The number of rotatable bonds is 6. The van der Waals surface area contributed by atoms with Gasteiger partial charge in [0.15, 0.2) is 17.4 Å². The lowest BCUT2D eigenvalue weighted by atomic mass is 10.1. The van der Waals surface area contributed by atoms with Gasteiger partial charge in [-0.15, -0.1) is 5.10 Å². The Hall–Kier alpha value is -3.69. The number of furan rings is 1. The van der Waals surface area contributed by atoms with Gasteiger partial charge in [-0.25, -0.2) is 0 Å². The van der Waals surface area contributed by atoms with Crippen molar-refractivity contribution >= 4 is 23.6 Å². The van der Waals surface area contributed by atoms with E-state index in [1.807, 2.05) is 0 Å². The van der Waals surface area contributed by atoms with Gasteiger partial charge < -0.3 is 9.73 Å². The third-order valence-electron chi connectivity index (χ3n) is 3.77. The minimum absolute atomic E-state index is 0.113. The molecule has 29 heavy (non-hydrogen) atoms. The fraction of sp³-hybridized carbons (Fsp3) is 0.158. The first-order chi connectivity index (χ1) is 13.7. The monoisotopic (exact) mass is 404 g/mol. The van der Waals surface area contributed by atoms with E-state index in [-0.39, 0.29) is 29.5 Å². The summed E-state index contributed by atoms with van der Waals surface area (Å²) in [5.41, 5.74) is -0.962. The molecule has 0 aliphatic carbocycles. The summed E-state index contributed by atoms with van der Waals surface area (Å²) in [7, 11) is 0. The Bertz CT molecular complexity index is 1070. The Morgan fingerprint density at radius 3 is 2.66 bits per heavy atom. The van der Waals surface area contributed by atoms with E-state index in [2.05, 4.69) is 15.5 Å². The van der Waals surface area contributed by atoms with Crippen LogP contribution in [0, 0.1) is 0 Å². The highest BCUT2D eigenvalue weighted by molar-refractivity contribution is 6.01. The van der Waals surface area contributed by atoms with Crippen molar-refractivity contribution < 1.29 is 27.2 Å². The lowest BCUT2D eigenvalue weighted by Crippen LogP contribution is -2.10.